The van der Waals surface area contributed by atoms with Crippen molar-refractivity contribution in [3.8, 4) is 0 Å². The van der Waals surface area contributed by atoms with E-state index in [0.717, 1.165) is 19.6 Å². The van der Waals surface area contributed by atoms with Crippen LogP contribution in [-0.2, 0) is 6.42 Å². The fourth-order valence-corrected chi connectivity index (χ4v) is 1.88. The largest absolute Gasteiger partial charge is 0.300 e. The molecule has 88 valence electrons. The molecule has 1 aromatic rings. The van der Waals surface area contributed by atoms with E-state index in [1.54, 1.807) is 0 Å². The standard InChI is InChI=1S/C15H23N/c1-4-16(13-14(2)3)12-8-11-15-9-6-5-7-10-15/h5-7,9-10H,2,4,8,11-13H2,1,3H3. The van der Waals surface area contributed by atoms with E-state index in [1.807, 2.05) is 0 Å². The molecular formula is C15H23N. The Balaban J connectivity index is 2.26. The van der Waals surface area contributed by atoms with E-state index in [-0.39, 0.29) is 0 Å². The van der Waals surface area contributed by atoms with Gasteiger partial charge in [0.15, 0.2) is 0 Å². The van der Waals surface area contributed by atoms with E-state index >= 15 is 0 Å². The average molecular weight is 217 g/mol. The maximum absolute atomic E-state index is 3.97. The molecule has 0 N–H and O–H groups in total. The van der Waals surface area contributed by atoms with Crippen molar-refractivity contribution in [1.29, 1.82) is 0 Å². The van der Waals surface area contributed by atoms with Crippen LogP contribution in [0.4, 0.5) is 0 Å². The smallest absolute Gasteiger partial charge is 0.0187 e. The molecule has 1 aromatic carbocycles. The van der Waals surface area contributed by atoms with Crippen LogP contribution in [0.15, 0.2) is 42.5 Å². The molecule has 0 unspecified atom stereocenters. The Morgan fingerprint density at radius 3 is 2.50 bits per heavy atom. The highest BCUT2D eigenvalue weighted by atomic mass is 15.1. The molecule has 0 aromatic heterocycles. The van der Waals surface area contributed by atoms with Crippen molar-refractivity contribution >= 4 is 0 Å². The SMILES string of the molecule is C=C(C)CN(CC)CCCc1ccccc1. The number of benzene rings is 1. The van der Waals surface area contributed by atoms with E-state index in [9.17, 15) is 0 Å². The first kappa shape index (κ1) is 13.0. The maximum Gasteiger partial charge on any atom is 0.0187 e. The Morgan fingerprint density at radius 2 is 1.94 bits per heavy atom. The van der Waals surface area contributed by atoms with Gasteiger partial charge in [-0.3, -0.25) is 4.90 Å². The summed E-state index contributed by atoms with van der Waals surface area (Å²) in [5.41, 5.74) is 2.69. The van der Waals surface area contributed by atoms with Gasteiger partial charge in [-0.15, -0.1) is 0 Å². The van der Waals surface area contributed by atoms with Gasteiger partial charge in [-0.25, -0.2) is 0 Å². The average Bonchev–Trinajstić information content (AvgIpc) is 2.28. The Labute approximate surface area is 99.8 Å². The molecule has 16 heavy (non-hydrogen) atoms. The third kappa shape index (κ3) is 5.13. The van der Waals surface area contributed by atoms with Crippen molar-refractivity contribution < 1.29 is 0 Å². The van der Waals surface area contributed by atoms with Crippen LogP contribution in [0.25, 0.3) is 0 Å². The highest BCUT2D eigenvalue weighted by Crippen LogP contribution is 2.04. The number of rotatable bonds is 7. The van der Waals surface area contributed by atoms with Crippen molar-refractivity contribution in [2.24, 2.45) is 0 Å². The predicted octanol–water partition coefficient (Wildman–Crippen LogP) is 3.52. The van der Waals surface area contributed by atoms with Crippen LogP contribution in [-0.4, -0.2) is 24.5 Å². The van der Waals surface area contributed by atoms with Crippen LogP contribution in [0.1, 0.15) is 25.8 Å². The van der Waals surface area contributed by atoms with Crippen molar-refractivity contribution in [2.75, 3.05) is 19.6 Å². The van der Waals surface area contributed by atoms with Crippen LogP contribution in [0.5, 0.6) is 0 Å². The van der Waals surface area contributed by atoms with Gasteiger partial charge in [0.25, 0.3) is 0 Å². The summed E-state index contributed by atoms with van der Waals surface area (Å²) in [4.78, 5) is 2.45. The summed E-state index contributed by atoms with van der Waals surface area (Å²) in [5, 5.41) is 0. The molecule has 0 bridgehead atoms. The van der Waals surface area contributed by atoms with Gasteiger partial charge in [0.05, 0.1) is 0 Å². The molecule has 0 radical (unpaired) electrons. The van der Waals surface area contributed by atoms with Gasteiger partial charge in [-0.2, -0.15) is 0 Å². The summed E-state index contributed by atoms with van der Waals surface area (Å²) in [7, 11) is 0. The summed E-state index contributed by atoms with van der Waals surface area (Å²) in [6.45, 7) is 11.6. The minimum Gasteiger partial charge on any atom is -0.300 e. The number of hydrogen-bond donors (Lipinski definition) is 0. The molecule has 1 rings (SSSR count). The summed E-state index contributed by atoms with van der Waals surface area (Å²) in [5.74, 6) is 0. The molecule has 1 heteroatoms. The summed E-state index contributed by atoms with van der Waals surface area (Å²) in [6.07, 6.45) is 2.40. The predicted molar refractivity (Wildman–Crippen MR) is 71.7 cm³/mol. The zero-order chi connectivity index (χ0) is 11.8. The molecule has 0 aliphatic heterocycles. The first-order valence-corrected chi connectivity index (χ1v) is 6.13. The highest BCUT2D eigenvalue weighted by Gasteiger charge is 2.01. The van der Waals surface area contributed by atoms with Gasteiger partial charge in [-0.05, 0) is 38.4 Å². The van der Waals surface area contributed by atoms with Gasteiger partial charge in [0.1, 0.15) is 0 Å². The van der Waals surface area contributed by atoms with Gasteiger partial charge < -0.3 is 0 Å². The van der Waals surface area contributed by atoms with Crippen LogP contribution < -0.4 is 0 Å². The van der Waals surface area contributed by atoms with Crippen molar-refractivity contribution in [3.63, 3.8) is 0 Å². The quantitative estimate of drug-likeness (QED) is 0.632. The fourth-order valence-electron chi connectivity index (χ4n) is 1.88. The minimum absolute atomic E-state index is 1.03. The van der Waals surface area contributed by atoms with Crippen LogP contribution in [0.3, 0.4) is 0 Å². The van der Waals surface area contributed by atoms with Gasteiger partial charge in [0, 0.05) is 6.54 Å². The van der Waals surface area contributed by atoms with Crippen molar-refractivity contribution in [2.45, 2.75) is 26.7 Å². The molecule has 0 saturated carbocycles. The summed E-state index contributed by atoms with van der Waals surface area (Å²) >= 11 is 0. The van der Waals surface area contributed by atoms with E-state index in [2.05, 4.69) is 55.7 Å². The Bertz CT molecular complexity index is 302. The zero-order valence-corrected chi connectivity index (χ0v) is 10.6. The lowest BCUT2D eigenvalue weighted by atomic mass is 10.1. The number of aryl methyl sites for hydroxylation is 1. The lowest BCUT2D eigenvalue weighted by Gasteiger charge is -2.20. The van der Waals surface area contributed by atoms with E-state index in [1.165, 1.54) is 24.0 Å². The monoisotopic (exact) mass is 217 g/mol. The third-order valence-corrected chi connectivity index (χ3v) is 2.72. The molecule has 0 aliphatic rings. The minimum atomic E-state index is 1.03. The molecule has 0 amide bonds. The molecule has 0 fully saturated rings. The first-order valence-electron chi connectivity index (χ1n) is 6.13. The van der Waals surface area contributed by atoms with Crippen LogP contribution >= 0.6 is 0 Å². The molecule has 1 nitrogen and oxygen atoms in total. The molecule has 0 spiro atoms. The van der Waals surface area contributed by atoms with Gasteiger partial charge in [0.2, 0.25) is 0 Å². The third-order valence-electron chi connectivity index (χ3n) is 2.72. The Morgan fingerprint density at radius 1 is 1.25 bits per heavy atom. The number of nitrogens with zero attached hydrogens (tertiary/aromatic N) is 1. The Hall–Kier alpha value is -1.08. The molecule has 0 heterocycles. The van der Waals surface area contributed by atoms with Crippen molar-refractivity contribution in [3.05, 3.63) is 48.0 Å². The number of likely N-dealkylation sites (N-methyl/N-ethyl adjacent to an activating group) is 1. The topological polar surface area (TPSA) is 3.24 Å². The summed E-state index contributed by atoms with van der Waals surface area (Å²) < 4.78 is 0. The lowest BCUT2D eigenvalue weighted by molar-refractivity contribution is 0.308. The Kier molecular flexibility index (Phi) is 5.87. The maximum atomic E-state index is 3.97. The van der Waals surface area contributed by atoms with E-state index < -0.39 is 0 Å². The molecule has 0 aliphatic carbocycles. The molecular weight excluding hydrogens is 194 g/mol. The first-order chi connectivity index (χ1) is 7.72. The second-order valence-electron chi connectivity index (χ2n) is 4.42. The van der Waals surface area contributed by atoms with Crippen LogP contribution in [0, 0.1) is 0 Å². The summed E-state index contributed by atoms with van der Waals surface area (Å²) in [6, 6.07) is 10.7. The highest BCUT2D eigenvalue weighted by molar-refractivity contribution is 5.14. The molecule has 0 atom stereocenters. The van der Waals surface area contributed by atoms with Crippen LogP contribution in [0.2, 0.25) is 0 Å². The normalized spacial score (nSPS) is 10.7. The fraction of sp³-hybridized carbons (Fsp3) is 0.467. The van der Waals surface area contributed by atoms with E-state index in [4.69, 9.17) is 0 Å². The van der Waals surface area contributed by atoms with Crippen molar-refractivity contribution in [1.82, 2.24) is 4.90 Å². The van der Waals surface area contributed by atoms with Gasteiger partial charge >= 0.3 is 0 Å². The van der Waals surface area contributed by atoms with Gasteiger partial charge in [-0.1, -0.05) is 49.4 Å². The lowest BCUT2D eigenvalue weighted by Crippen LogP contribution is -2.26. The van der Waals surface area contributed by atoms with E-state index in [0.29, 0.717) is 0 Å². The number of hydrogen-bond acceptors (Lipinski definition) is 1. The second-order valence-corrected chi connectivity index (χ2v) is 4.42. The molecule has 0 saturated heterocycles. The zero-order valence-electron chi connectivity index (χ0n) is 10.6. The second kappa shape index (κ2) is 7.24.